The van der Waals surface area contributed by atoms with Gasteiger partial charge in [0.2, 0.25) is 0 Å². The second-order valence-electron chi connectivity index (χ2n) is 11.4. The molecule has 4 aromatic carbocycles. The van der Waals surface area contributed by atoms with Gasteiger partial charge in [-0.1, -0.05) is 121 Å². The van der Waals surface area contributed by atoms with E-state index in [0.717, 1.165) is 11.1 Å². The molecule has 0 spiro atoms. The fourth-order valence-electron chi connectivity index (χ4n) is 5.33. The molecule has 0 N–H and O–H groups in total. The first-order valence-electron chi connectivity index (χ1n) is 15.6. The molecular weight excluding hydrogens is 654 g/mol. The van der Waals surface area contributed by atoms with Gasteiger partial charge in [-0.3, -0.25) is 0 Å². The van der Waals surface area contributed by atoms with Crippen LogP contribution >= 0.6 is 0 Å². The molecule has 0 unspecified atom stereocenters. The van der Waals surface area contributed by atoms with Crippen LogP contribution in [-0.2, 0) is 54.8 Å². The molecule has 0 aromatic heterocycles. The quantitative estimate of drug-likeness (QED) is 0.117. The van der Waals surface area contributed by atoms with Crippen LogP contribution in [0.2, 0.25) is 0 Å². The third kappa shape index (κ3) is 10.9. The summed E-state index contributed by atoms with van der Waals surface area (Å²) in [6, 6.07) is 35.7. The summed E-state index contributed by atoms with van der Waals surface area (Å²) in [6.07, 6.45) is -23.1. The topological polar surface area (TPSA) is 55.4 Å². The Morgan fingerprint density at radius 2 is 0.857 bits per heavy atom. The second kappa shape index (κ2) is 17.2. The van der Waals surface area contributed by atoms with Crippen molar-refractivity contribution in [3.63, 3.8) is 0 Å². The minimum Gasteiger partial charge on any atom is -0.374 e. The molecule has 1 fully saturated rings. The van der Waals surface area contributed by atoms with E-state index in [2.05, 4.69) is 0 Å². The first kappa shape index (κ1) is 36.5. The van der Waals surface area contributed by atoms with Gasteiger partial charge in [-0.2, -0.15) is 26.3 Å². The Hall–Kier alpha value is -3.78. The summed E-state index contributed by atoms with van der Waals surface area (Å²) in [6.45, 7) is -0.403. The van der Waals surface area contributed by atoms with Crippen LogP contribution in [0.5, 0.6) is 0 Å². The average Bonchev–Trinajstić information content (AvgIpc) is 3.09. The van der Waals surface area contributed by atoms with E-state index in [1.165, 1.54) is 0 Å². The van der Waals surface area contributed by atoms with E-state index < -0.39 is 49.2 Å². The number of hydrogen-bond donors (Lipinski definition) is 0. The van der Waals surface area contributed by atoms with Gasteiger partial charge in [0.15, 0.2) is 6.29 Å². The minimum absolute atomic E-state index is 0.0277. The third-order valence-corrected chi connectivity index (χ3v) is 7.71. The predicted molar refractivity (Wildman–Crippen MR) is 167 cm³/mol. The molecule has 0 aliphatic carbocycles. The minimum atomic E-state index is -5.80. The van der Waals surface area contributed by atoms with Gasteiger partial charge in [0.05, 0.1) is 33.0 Å². The number of halogens is 6. The SMILES string of the molecule is FC(F)(F)C(O[C@@H]1O[C@H](COCc2ccccc2)[C@@H](OCc2ccccc2)[C@H](OCc2ccccc2)[C@@H]1OCc1ccccc1)C(F)(F)F. The van der Waals surface area contributed by atoms with Crippen LogP contribution in [0, 0.1) is 0 Å². The number of rotatable bonds is 15. The highest BCUT2D eigenvalue weighted by atomic mass is 19.4. The van der Waals surface area contributed by atoms with Crippen molar-refractivity contribution in [2.75, 3.05) is 6.61 Å². The first-order chi connectivity index (χ1) is 23.6. The summed E-state index contributed by atoms with van der Waals surface area (Å²) in [4.78, 5) is 0. The van der Waals surface area contributed by atoms with Crippen molar-refractivity contribution in [2.45, 2.75) is 75.6 Å². The highest BCUT2D eigenvalue weighted by Crippen LogP contribution is 2.40. The zero-order chi connectivity index (χ0) is 34.7. The van der Waals surface area contributed by atoms with Gasteiger partial charge in [-0.15, -0.1) is 0 Å². The van der Waals surface area contributed by atoms with Gasteiger partial charge in [0.1, 0.15) is 24.4 Å². The molecule has 0 radical (unpaired) electrons. The van der Waals surface area contributed by atoms with Crippen molar-refractivity contribution in [3.8, 4) is 0 Å². The van der Waals surface area contributed by atoms with Crippen molar-refractivity contribution in [1.82, 2.24) is 0 Å². The summed E-state index contributed by atoms with van der Waals surface area (Å²) >= 11 is 0. The monoisotopic (exact) mass is 690 g/mol. The normalized spacial score (nSPS) is 21.6. The average molecular weight is 691 g/mol. The van der Waals surface area contributed by atoms with Crippen LogP contribution < -0.4 is 0 Å². The van der Waals surface area contributed by atoms with Crippen molar-refractivity contribution in [3.05, 3.63) is 144 Å². The van der Waals surface area contributed by atoms with Gasteiger partial charge in [-0.05, 0) is 22.3 Å². The van der Waals surface area contributed by atoms with Crippen molar-refractivity contribution >= 4 is 0 Å². The van der Waals surface area contributed by atoms with E-state index in [4.69, 9.17) is 28.4 Å². The summed E-state index contributed by atoms with van der Waals surface area (Å²) in [5.74, 6) is 0. The number of ether oxygens (including phenoxy) is 6. The Balaban J connectivity index is 1.51. The van der Waals surface area contributed by atoms with Crippen LogP contribution in [0.4, 0.5) is 26.3 Å². The highest BCUT2D eigenvalue weighted by molar-refractivity contribution is 5.16. The summed E-state index contributed by atoms with van der Waals surface area (Å²) in [7, 11) is 0. The molecule has 1 saturated heterocycles. The molecule has 4 aromatic rings. The molecule has 12 heteroatoms. The van der Waals surface area contributed by atoms with Gasteiger partial charge < -0.3 is 28.4 Å². The van der Waals surface area contributed by atoms with Crippen molar-refractivity contribution < 1.29 is 54.8 Å². The fourth-order valence-corrected chi connectivity index (χ4v) is 5.33. The van der Waals surface area contributed by atoms with Gasteiger partial charge in [0.25, 0.3) is 6.10 Å². The van der Waals surface area contributed by atoms with E-state index in [9.17, 15) is 26.3 Å². The van der Waals surface area contributed by atoms with E-state index >= 15 is 0 Å². The van der Waals surface area contributed by atoms with E-state index in [1.807, 2.05) is 60.7 Å². The second-order valence-corrected chi connectivity index (χ2v) is 11.4. The molecule has 5 atom stereocenters. The van der Waals surface area contributed by atoms with Gasteiger partial charge in [-0.25, -0.2) is 0 Å². The van der Waals surface area contributed by atoms with E-state index in [0.29, 0.717) is 11.1 Å². The molecule has 262 valence electrons. The molecular formula is C37H36F6O6. The molecule has 1 heterocycles. The Kier molecular flexibility index (Phi) is 12.8. The van der Waals surface area contributed by atoms with Crippen LogP contribution in [0.25, 0.3) is 0 Å². The van der Waals surface area contributed by atoms with Crippen LogP contribution in [0.3, 0.4) is 0 Å². The molecule has 5 rings (SSSR count). The molecule has 1 aliphatic heterocycles. The summed E-state index contributed by atoms with van der Waals surface area (Å²) in [5, 5.41) is 0. The zero-order valence-electron chi connectivity index (χ0n) is 26.3. The Morgan fingerprint density at radius 1 is 0.490 bits per heavy atom. The van der Waals surface area contributed by atoms with E-state index in [-0.39, 0.29) is 33.0 Å². The molecule has 0 amide bonds. The Labute approximate surface area is 280 Å². The van der Waals surface area contributed by atoms with Crippen LogP contribution in [0.1, 0.15) is 22.3 Å². The maximum absolute atomic E-state index is 13.9. The van der Waals surface area contributed by atoms with Crippen molar-refractivity contribution in [2.24, 2.45) is 0 Å². The van der Waals surface area contributed by atoms with E-state index in [1.54, 1.807) is 60.7 Å². The maximum Gasteiger partial charge on any atom is 0.423 e. The molecule has 0 saturated carbocycles. The molecule has 1 aliphatic rings. The van der Waals surface area contributed by atoms with Gasteiger partial charge in [0, 0.05) is 0 Å². The standard InChI is InChI=1S/C37H36F6O6/c38-36(39,40)35(37(41,42)43)49-34-33(47-24-29-19-11-4-12-20-29)32(46-23-28-17-9-3-10-18-28)31(45-22-27-15-7-2-8-16-27)30(48-34)25-44-21-26-13-5-1-6-14-26/h1-20,30-35H,21-25H2/t30-,31-,32+,33+,34+/m1/s1. The van der Waals surface area contributed by atoms with Crippen LogP contribution in [-0.4, -0.2) is 55.8 Å². The number of benzene rings is 4. The first-order valence-corrected chi connectivity index (χ1v) is 15.6. The molecule has 49 heavy (non-hydrogen) atoms. The number of hydrogen-bond acceptors (Lipinski definition) is 6. The lowest BCUT2D eigenvalue weighted by Gasteiger charge is -2.46. The van der Waals surface area contributed by atoms with Crippen molar-refractivity contribution in [1.29, 1.82) is 0 Å². The zero-order valence-corrected chi connectivity index (χ0v) is 26.3. The fraction of sp³-hybridized carbons (Fsp3) is 0.351. The largest absolute Gasteiger partial charge is 0.423 e. The van der Waals surface area contributed by atoms with Crippen LogP contribution in [0.15, 0.2) is 121 Å². The maximum atomic E-state index is 13.9. The third-order valence-electron chi connectivity index (χ3n) is 7.71. The highest BCUT2D eigenvalue weighted by Gasteiger charge is 2.61. The lowest BCUT2D eigenvalue weighted by Crippen LogP contribution is -2.63. The summed E-state index contributed by atoms with van der Waals surface area (Å²) < 4.78 is 119. The molecule has 0 bridgehead atoms. The lowest BCUT2D eigenvalue weighted by molar-refractivity contribution is -0.394. The summed E-state index contributed by atoms with van der Waals surface area (Å²) in [5.41, 5.74) is 2.88. The smallest absolute Gasteiger partial charge is 0.374 e. The number of alkyl halides is 6. The van der Waals surface area contributed by atoms with Gasteiger partial charge >= 0.3 is 12.4 Å². The Morgan fingerprint density at radius 3 is 1.27 bits per heavy atom. The lowest BCUT2D eigenvalue weighted by atomic mass is 9.97. The predicted octanol–water partition coefficient (Wildman–Crippen LogP) is 8.19. The molecule has 6 nitrogen and oxygen atoms in total. The Bertz CT molecular complexity index is 1490.